The van der Waals surface area contributed by atoms with Crippen LogP contribution in [0.3, 0.4) is 0 Å². The van der Waals surface area contributed by atoms with Gasteiger partial charge in [0.15, 0.2) is 0 Å². The molecule has 0 aromatic rings. The van der Waals surface area contributed by atoms with E-state index in [2.05, 4.69) is 4.72 Å². The number of sulfonamides is 1. The molecule has 0 saturated heterocycles. The Kier molecular flexibility index (Phi) is 4.19. The Labute approximate surface area is 72.4 Å². The molecule has 3 N–H and O–H groups in total. The molecule has 0 bridgehead atoms. The van der Waals surface area contributed by atoms with Crippen molar-refractivity contribution in [3.63, 3.8) is 0 Å². The van der Waals surface area contributed by atoms with Crippen LogP contribution in [0.15, 0.2) is 0 Å². The van der Waals surface area contributed by atoms with Crippen LogP contribution in [-0.4, -0.2) is 26.1 Å². The van der Waals surface area contributed by atoms with E-state index in [4.69, 9.17) is 5.73 Å². The number of primary amides is 1. The summed E-state index contributed by atoms with van der Waals surface area (Å²) in [4.78, 5) is 10.5. The molecule has 1 atom stereocenters. The molecule has 0 spiro atoms. The quantitative estimate of drug-likeness (QED) is 0.599. The van der Waals surface area contributed by atoms with Crippen molar-refractivity contribution < 1.29 is 13.2 Å². The van der Waals surface area contributed by atoms with Crippen LogP contribution in [0.1, 0.15) is 20.3 Å². The second kappa shape index (κ2) is 4.42. The maximum atomic E-state index is 11.0. The number of rotatable bonds is 5. The molecule has 0 fully saturated rings. The van der Waals surface area contributed by atoms with E-state index in [1.54, 1.807) is 6.92 Å². The fourth-order valence-corrected chi connectivity index (χ4v) is 1.97. The zero-order chi connectivity index (χ0) is 9.78. The van der Waals surface area contributed by atoms with Gasteiger partial charge in [-0.25, -0.2) is 13.1 Å². The Bertz CT molecular complexity index is 248. The van der Waals surface area contributed by atoms with Crippen molar-refractivity contribution >= 4 is 15.9 Å². The molecular formula is C6H14N2O3S. The molecular weight excluding hydrogens is 180 g/mol. The summed E-state index contributed by atoms with van der Waals surface area (Å²) in [5.41, 5.74) is 4.87. The molecule has 0 saturated carbocycles. The zero-order valence-electron chi connectivity index (χ0n) is 7.20. The molecule has 12 heavy (non-hydrogen) atoms. The van der Waals surface area contributed by atoms with Crippen LogP contribution in [0.2, 0.25) is 0 Å². The van der Waals surface area contributed by atoms with Gasteiger partial charge in [0.1, 0.15) is 0 Å². The van der Waals surface area contributed by atoms with Crippen molar-refractivity contribution in [1.82, 2.24) is 4.72 Å². The molecule has 0 aliphatic carbocycles. The average Bonchev–Trinajstić information content (AvgIpc) is 1.85. The van der Waals surface area contributed by atoms with Crippen molar-refractivity contribution in [2.45, 2.75) is 26.3 Å². The van der Waals surface area contributed by atoms with E-state index in [-0.39, 0.29) is 5.75 Å². The lowest BCUT2D eigenvalue weighted by Crippen LogP contribution is -2.42. The number of hydrogen-bond donors (Lipinski definition) is 2. The van der Waals surface area contributed by atoms with Gasteiger partial charge in [-0.2, -0.15) is 0 Å². The van der Waals surface area contributed by atoms with Gasteiger partial charge in [-0.3, -0.25) is 4.79 Å². The van der Waals surface area contributed by atoms with Gasteiger partial charge >= 0.3 is 0 Å². The summed E-state index contributed by atoms with van der Waals surface area (Å²) in [7, 11) is -3.33. The Morgan fingerprint density at radius 2 is 2.08 bits per heavy atom. The monoisotopic (exact) mass is 194 g/mol. The van der Waals surface area contributed by atoms with Crippen LogP contribution in [0.25, 0.3) is 0 Å². The van der Waals surface area contributed by atoms with Crippen LogP contribution >= 0.6 is 0 Å². The maximum absolute atomic E-state index is 11.0. The molecule has 0 radical (unpaired) electrons. The Morgan fingerprint density at radius 3 is 2.42 bits per heavy atom. The van der Waals surface area contributed by atoms with Crippen molar-refractivity contribution in [1.29, 1.82) is 0 Å². The highest BCUT2D eigenvalue weighted by molar-refractivity contribution is 7.89. The molecule has 0 heterocycles. The fraction of sp³-hybridized carbons (Fsp3) is 0.833. The largest absolute Gasteiger partial charge is 0.368 e. The highest BCUT2D eigenvalue weighted by Gasteiger charge is 2.16. The van der Waals surface area contributed by atoms with E-state index in [9.17, 15) is 13.2 Å². The van der Waals surface area contributed by atoms with Crippen molar-refractivity contribution in [2.75, 3.05) is 5.75 Å². The SMILES string of the molecule is CCCS(=O)(=O)NC(C)C(N)=O. The molecule has 1 amide bonds. The summed E-state index contributed by atoms with van der Waals surface area (Å²) in [6.07, 6.45) is 0.515. The van der Waals surface area contributed by atoms with E-state index in [0.29, 0.717) is 6.42 Å². The molecule has 72 valence electrons. The molecule has 6 heteroatoms. The Balaban J connectivity index is 4.16. The number of nitrogens with one attached hydrogen (secondary N) is 1. The van der Waals surface area contributed by atoms with Gasteiger partial charge in [0.2, 0.25) is 15.9 Å². The average molecular weight is 194 g/mol. The van der Waals surface area contributed by atoms with Crippen LogP contribution in [0.4, 0.5) is 0 Å². The van der Waals surface area contributed by atoms with Crippen LogP contribution in [0, 0.1) is 0 Å². The summed E-state index contributed by atoms with van der Waals surface area (Å²) < 4.78 is 24.2. The predicted molar refractivity (Wildman–Crippen MR) is 45.9 cm³/mol. The molecule has 1 unspecified atom stereocenters. The number of nitrogens with two attached hydrogens (primary N) is 1. The van der Waals surface area contributed by atoms with E-state index < -0.39 is 22.0 Å². The fourth-order valence-electron chi connectivity index (χ4n) is 0.655. The minimum atomic E-state index is -3.33. The van der Waals surface area contributed by atoms with Gasteiger partial charge in [-0.05, 0) is 13.3 Å². The second-order valence-electron chi connectivity index (χ2n) is 2.56. The normalized spacial score (nSPS) is 14.2. The lowest BCUT2D eigenvalue weighted by Gasteiger charge is -2.09. The summed E-state index contributed by atoms with van der Waals surface area (Å²) in [6.45, 7) is 3.16. The lowest BCUT2D eigenvalue weighted by molar-refractivity contribution is -0.119. The standard InChI is InChI=1S/C6H14N2O3S/c1-3-4-12(10,11)8-5(2)6(7)9/h5,8H,3-4H2,1-2H3,(H2,7,9). The third kappa shape index (κ3) is 4.30. The topological polar surface area (TPSA) is 89.3 Å². The molecule has 0 rings (SSSR count). The second-order valence-corrected chi connectivity index (χ2v) is 4.43. The first kappa shape index (κ1) is 11.4. The summed E-state index contributed by atoms with van der Waals surface area (Å²) >= 11 is 0. The van der Waals surface area contributed by atoms with Gasteiger partial charge in [-0.1, -0.05) is 6.92 Å². The smallest absolute Gasteiger partial charge is 0.235 e. The van der Waals surface area contributed by atoms with Crippen molar-refractivity contribution in [3.8, 4) is 0 Å². The first-order valence-corrected chi connectivity index (χ1v) is 5.33. The van der Waals surface area contributed by atoms with Gasteiger partial charge in [0.25, 0.3) is 0 Å². The molecule has 5 nitrogen and oxygen atoms in total. The minimum Gasteiger partial charge on any atom is -0.368 e. The van der Waals surface area contributed by atoms with Crippen LogP contribution < -0.4 is 10.5 Å². The summed E-state index contributed by atoms with van der Waals surface area (Å²) in [6, 6.07) is -0.832. The Hall–Kier alpha value is -0.620. The minimum absolute atomic E-state index is 0.0185. The van der Waals surface area contributed by atoms with E-state index in [1.807, 2.05) is 0 Å². The van der Waals surface area contributed by atoms with Crippen molar-refractivity contribution in [2.24, 2.45) is 5.73 Å². The number of hydrogen-bond acceptors (Lipinski definition) is 3. The van der Waals surface area contributed by atoms with E-state index in [0.717, 1.165) is 0 Å². The molecule has 0 aromatic heterocycles. The van der Waals surface area contributed by atoms with Gasteiger partial charge in [-0.15, -0.1) is 0 Å². The number of carbonyl (C=O) groups excluding carboxylic acids is 1. The van der Waals surface area contributed by atoms with E-state index >= 15 is 0 Å². The molecule has 0 aliphatic heterocycles. The van der Waals surface area contributed by atoms with Crippen molar-refractivity contribution in [3.05, 3.63) is 0 Å². The summed E-state index contributed by atoms with van der Waals surface area (Å²) in [5, 5.41) is 0. The van der Waals surface area contributed by atoms with Gasteiger partial charge in [0, 0.05) is 0 Å². The third-order valence-electron chi connectivity index (χ3n) is 1.26. The van der Waals surface area contributed by atoms with Gasteiger partial charge in [0.05, 0.1) is 11.8 Å². The highest BCUT2D eigenvalue weighted by atomic mass is 32.2. The lowest BCUT2D eigenvalue weighted by atomic mass is 10.4. The molecule has 0 aliphatic rings. The van der Waals surface area contributed by atoms with Crippen LogP contribution in [-0.2, 0) is 14.8 Å². The predicted octanol–water partition coefficient (Wildman–Crippen LogP) is -0.810. The van der Waals surface area contributed by atoms with Crippen LogP contribution in [0.5, 0.6) is 0 Å². The highest BCUT2D eigenvalue weighted by Crippen LogP contribution is 1.91. The number of carbonyl (C=O) groups is 1. The zero-order valence-corrected chi connectivity index (χ0v) is 8.02. The first-order valence-electron chi connectivity index (χ1n) is 3.68. The molecule has 0 aromatic carbocycles. The first-order chi connectivity index (χ1) is 5.39. The number of amides is 1. The summed E-state index contributed by atoms with van der Waals surface area (Å²) in [5.74, 6) is -0.653. The third-order valence-corrected chi connectivity index (χ3v) is 2.91. The Morgan fingerprint density at radius 1 is 1.58 bits per heavy atom. The van der Waals surface area contributed by atoms with Gasteiger partial charge < -0.3 is 5.73 Å². The maximum Gasteiger partial charge on any atom is 0.235 e. The van der Waals surface area contributed by atoms with E-state index in [1.165, 1.54) is 6.92 Å².